The van der Waals surface area contributed by atoms with Crippen LogP contribution < -0.4 is 11.1 Å². The highest BCUT2D eigenvalue weighted by molar-refractivity contribution is 5.82. The van der Waals surface area contributed by atoms with Crippen molar-refractivity contribution in [2.24, 2.45) is 11.1 Å². The summed E-state index contributed by atoms with van der Waals surface area (Å²) >= 11 is 0. The Bertz CT molecular complexity index is 447. The molecule has 0 aromatic heterocycles. The Morgan fingerprint density at radius 1 is 1.25 bits per heavy atom. The first-order chi connectivity index (χ1) is 9.50. The molecule has 1 unspecified atom stereocenters. The summed E-state index contributed by atoms with van der Waals surface area (Å²) in [4.78, 5) is 12.2. The van der Waals surface area contributed by atoms with E-state index in [1.165, 1.54) is 37.7 Å². The second-order valence-corrected chi connectivity index (χ2v) is 6.48. The molecular weight excluding hydrogens is 248 g/mol. The zero-order valence-corrected chi connectivity index (χ0v) is 12.6. The maximum absolute atomic E-state index is 12.2. The maximum Gasteiger partial charge on any atom is 0.241 e. The van der Waals surface area contributed by atoms with E-state index < -0.39 is 6.04 Å². The van der Waals surface area contributed by atoms with Gasteiger partial charge in [-0.1, -0.05) is 56.0 Å². The summed E-state index contributed by atoms with van der Waals surface area (Å²) in [5, 5.41) is 3.04. The molecule has 1 aromatic carbocycles. The molecule has 2 rings (SSSR count). The van der Waals surface area contributed by atoms with Gasteiger partial charge in [-0.25, -0.2) is 0 Å². The summed E-state index contributed by atoms with van der Waals surface area (Å²) in [6, 6.07) is 7.28. The lowest BCUT2D eigenvalue weighted by atomic mass is 9.75. The van der Waals surface area contributed by atoms with Gasteiger partial charge >= 0.3 is 0 Å². The fourth-order valence-corrected chi connectivity index (χ4v) is 2.92. The van der Waals surface area contributed by atoms with Gasteiger partial charge in [-0.05, 0) is 30.7 Å². The summed E-state index contributed by atoms with van der Waals surface area (Å²) in [5.74, 6) is -0.0688. The van der Waals surface area contributed by atoms with E-state index in [1.807, 2.05) is 31.2 Å². The fraction of sp³-hybridized carbons (Fsp3) is 0.588. The van der Waals surface area contributed by atoms with Crippen LogP contribution in [0.15, 0.2) is 24.3 Å². The Hall–Kier alpha value is -1.35. The van der Waals surface area contributed by atoms with Gasteiger partial charge in [0, 0.05) is 6.54 Å². The fourth-order valence-electron chi connectivity index (χ4n) is 2.92. The average molecular weight is 274 g/mol. The van der Waals surface area contributed by atoms with Crippen molar-refractivity contribution in [1.82, 2.24) is 5.32 Å². The number of hydrogen-bond donors (Lipinski definition) is 2. The molecule has 1 aromatic rings. The zero-order chi connectivity index (χ0) is 14.6. The van der Waals surface area contributed by atoms with E-state index in [0.717, 1.165) is 12.1 Å². The van der Waals surface area contributed by atoms with Crippen LogP contribution in [-0.4, -0.2) is 12.5 Å². The van der Waals surface area contributed by atoms with Gasteiger partial charge in [-0.2, -0.15) is 0 Å². The third-order valence-electron chi connectivity index (χ3n) is 4.47. The Morgan fingerprint density at radius 3 is 2.45 bits per heavy atom. The van der Waals surface area contributed by atoms with E-state index in [1.54, 1.807) is 0 Å². The smallest absolute Gasteiger partial charge is 0.241 e. The number of hydrogen-bond acceptors (Lipinski definition) is 2. The number of benzene rings is 1. The van der Waals surface area contributed by atoms with Gasteiger partial charge in [0.1, 0.15) is 6.04 Å². The van der Waals surface area contributed by atoms with Crippen LogP contribution in [0.1, 0.15) is 56.2 Å². The van der Waals surface area contributed by atoms with Crippen LogP contribution >= 0.6 is 0 Å². The standard InChI is InChI=1S/C17H26N2O/c1-13-6-8-14(9-7-13)15(18)16(20)19-12-17(2)10-4-3-5-11-17/h6-9,15H,3-5,10-12,18H2,1-2H3,(H,19,20). The molecule has 1 amide bonds. The van der Waals surface area contributed by atoms with E-state index in [4.69, 9.17) is 5.73 Å². The second kappa shape index (κ2) is 6.40. The Labute approximate surface area is 121 Å². The SMILES string of the molecule is Cc1ccc(C(N)C(=O)NCC2(C)CCCCC2)cc1. The van der Waals surface area contributed by atoms with Crippen molar-refractivity contribution in [3.05, 3.63) is 35.4 Å². The van der Waals surface area contributed by atoms with Gasteiger partial charge in [0.15, 0.2) is 0 Å². The maximum atomic E-state index is 12.2. The van der Waals surface area contributed by atoms with E-state index in [2.05, 4.69) is 12.2 Å². The molecule has 1 aliphatic rings. The lowest BCUT2D eigenvalue weighted by Crippen LogP contribution is -2.41. The highest BCUT2D eigenvalue weighted by atomic mass is 16.2. The van der Waals surface area contributed by atoms with Gasteiger partial charge < -0.3 is 11.1 Å². The first kappa shape index (κ1) is 15.0. The first-order valence-corrected chi connectivity index (χ1v) is 7.60. The second-order valence-electron chi connectivity index (χ2n) is 6.48. The molecule has 1 aliphatic carbocycles. The van der Waals surface area contributed by atoms with Gasteiger partial charge in [-0.15, -0.1) is 0 Å². The van der Waals surface area contributed by atoms with Crippen LogP contribution in [0.2, 0.25) is 0 Å². The van der Waals surface area contributed by atoms with Crippen molar-refractivity contribution in [3.8, 4) is 0 Å². The van der Waals surface area contributed by atoms with Crippen LogP contribution in [0.25, 0.3) is 0 Å². The van der Waals surface area contributed by atoms with Crippen LogP contribution in [0.4, 0.5) is 0 Å². The number of aryl methyl sites for hydroxylation is 1. The average Bonchev–Trinajstić information content (AvgIpc) is 2.46. The Balaban J connectivity index is 1.89. The highest BCUT2D eigenvalue weighted by Crippen LogP contribution is 2.35. The number of nitrogens with two attached hydrogens (primary N) is 1. The molecule has 0 saturated heterocycles. The first-order valence-electron chi connectivity index (χ1n) is 7.60. The van der Waals surface area contributed by atoms with Crippen molar-refractivity contribution in [1.29, 1.82) is 0 Å². The number of nitrogens with one attached hydrogen (secondary N) is 1. The van der Waals surface area contributed by atoms with Crippen LogP contribution in [0.3, 0.4) is 0 Å². The highest BCUT2D eigenvalue weighted by Gasteiger charge is 2.28. The number of amides is 1. The molecule has 110 valence electrons. The lowest BCUT2D eigenvalue weighted by Gasteiger charge is -2.34. The quantitative estimate of drug-likeness (QED) is 0.886. The van der Waals surface area contributed by atoms with Gasteiger partial charge in [0.05, 0.1) is 0 Å². The summed E-state index contributed by atoms with van der Waals surface area (Å²) in [6.07, 6.45) is 6.28. The van der Waals surface area contributed by atoms with Crippen LogP contribution in [0, 0.1) is 12.3 Å². The van der Waals surface area contributed by atoms with Gasteiger partial charge in [0.25, 0.3) is 0 Å². The van der Waals surface area contributed by atoms with E-state index in [-0.39, 0.29) is 11.3 Å². The molecule has 20 heavy (non-hydrogen) atoms. The predicted molar refractivity (Wildman–Crippen MR) is 82.3 cm³/mol. The number of rotatable bonds is 4. The molecule has 1 atom stereocenters. The summed E-state index contributed by atoms with van der Waals surface area (Å²) < 4.78 is 0. The Morgan fingerprint density at radius 2 is 1.85 bits per heavy atom. The minimum atomic E-state index is -0.567. The summed E-state index contributed by atoms with van der Waals surface area (Å²) in [7, 11) is 0. The Kier molecular flexibility index (Phi) is 4.81. The molecule has 0 radical (unpaired) electrons. The topological polar surface area (TPSA) is 55.1 Å². The molecule has 1 saturated carbocycles. The molecule has 0 heterocycles. The van der Waals surface area contributed by atoms with Crippen molar-refractivity contribution in [2.45, 2.75) is 52.0 Å². The van der Waals surface area contributed by atoms with Crippen LogP contribution in [0.5, 0.6) is 0 Å². The van der Waals surface area contributed by atoms with Crippen molar-refractivity contribution < 1.29 is 4.79 Å². The third kappa shape index (κ3) is 3.83. The van der Waals surface area contributed by atoms with E-state index in [0.29, 0.717) is 0 Å². The van der Waals surface area contributed by atoms with E-state index >= 15 is 0 Å². The zero-order valence-electron chi connectivity index (χ0n) is 12.6. The van der Waals surface area contributed by atoms with Gasteiger partial charge in [0.2, 0.25) is 5.91 Å². The number of carbonyl (C=O) groups excluding carboxylic acids is 1. The molecule has 0 aliphatic heterocycles. The minimum absolute atomic E-state index is 0.0688. The molecule has 3 heteroatoms. The van der Waals surface area contributed by atoms with Crippen molar-refractivity contribution in [3.63, 3.8) is 0 Å². The van der Waals surface area contributed by atoms with Crippen molar-refractivity contribution >= 4 is 5.91 Å². The largest absolute Gasteiger partial charge is 0.354 e. The molecule has 0 spiro atoms. The molecule has 0 bridgehead atoms. The third-order valence-corrected chi connectivity index (χ3v) is 4.47. The van der Waals surface area contributed by atoms with Crippen LogP contribution in [-0.2, 0) is 4.79 Å². The monoisotopic (exact) mass is 274 g/mol. The predicted octanol–water partition coefficient (Wildman–Crippen LogP) is 3.08. The van der Waals surface area contributed by atoms with Gasteiger partial charge in [-0.3, -0.25) is 4.79 Å². The molecule has 1 fully saturated rings. The molecule has 3 nitrogen and oxygen atoms in total. The summed E-state index contributed by atoms with van der Waals surface area (Å²) in [5.41, 5.74) is 8.34. The van der Waals surface area contributed by atoms with E-state index in [9.17, 15) is 4.79 Å². The number of carbonyl (C=O) groups is 1. The van der Waals surface area contributed by atoms with Crippen molar-refractivity contribution in [2.75, 3.05) is 6.54 Å². The summed E-state index contributed by atoms with van der Waals surface area (Å²) in [6.45, 7) is 5.04. The molecule has 3 N–H and O–H groups in total. The molecular formula is C17H26N2O. The normalized spacial score (nSPS) is 19.4. The lowest BCUT2D eigenvalue weighted by molar-refractivity contribution is -0.123. The minimum Gasteiger partial charge on any atom is -0.354 e.